The Morgan fingerprint density at radius 3 is 2.62 bits per heavy atom. The van der Waals surface area contributed by atoms with Crippen LogP contribution in [0.25, 0.3) is 0 Å². The minimum atomic E-state index is -0.0796. The Balaban J connectivity index is 1.41. The fourth-order valence-electron chi connectivity index (χ4n) is 4.57. The molecule has 1 fully saturated rings. The zero-order chi connectivity index (χ0) is 23.2. The zero-order valence-corrected chi connectivity index (χ0v) is 20.3. The molecule has 32 heavy (non-hydrogen) atoms. The number of aliphatic hydroxyl groups is 1. The van der Waals surface area contributed by atoms with E-state index in [-0.39, 0.29) is 17.8 Å². The Labute approximate surface area is 195 Å². The highest BCUT2D eigenvalue weighted by molar-refractivity contribution is 5.75. The van der Waals surface area contributed by atoms with Gasteiger partial charge in [-0.15, -0.1) is 0 Å². The Bertz CT molecular complexity index is 663. The standard InChI is InChI=1S/C27H45NO4/c1-3-4-5-10-13-24(29)19-23-18-22(23)12-9-7-6-8-11-14-27(31)28-20-21-15-16-25(30)26(17-21)32-2/h15-17,22-24,29-30H,3-14,18-20H2,1-2H3,(H,28,31)/t22-,23-,24+/m0/s1. The third-order valence-electron chi connectivity index (χ3n) is 6.75. The van der Waals surface area contributed by atoms with Crippen LogP contribution in [0.15, 0.2) is 18.2 Å². The minimum Gasteiger partial charge on any atom is -0.504 e. The first-order chi connectivity index (χ1) is 15.5. The van der Waals surface area contributed by atoms with Crippen molar-refractivity contribution in [1.82, 2.24) is 5.32 Å². The third-order valence-corrected chi connectivity index (χ3v) is 6.75. The number of ether oxygens (including phenoxy) is 1. The second-order valence-electron chi connectivity index (χ2n) is 9.58. The molecule has 1 aliphatic carbocycles. The lowest BCUT2D eigenvalue weighted by Crippen LogP contribution is -2.22. The van der Waals surface area contributed by atoms with E-state index in [1.807, 2.05) is 0 Å². The van der Waals surface area contributed by atoms with E-state index in [4.69, 9.17) is 4.74 Å². The van der Waals surface area contributed by atoms with Crippen LogP contribution in [-0.4, -0.2) is 29.3 Å². The van der Waals surface area contributed by atoms with Crippen molar-refractivity contribution in [2.45, 2.75) is 109 Å². The summed E-state index contributed by atoms with van der Waals surface area (Å²) < 4.78 is 5.09. The maximum Gasteiger partial charge on any atom is 0.220 e. The third kappa shape index (κ3) is 10.7. The van der Waals surface area contributed by atoms with Gasteiger partial charge in [-0.05, 0) is 55.2 Å². The second kappa shape index (κ2) is 15.2. The summed E-state index contributed by atoms with van der Waals surface area (Å²) in [6.45, 7) is 2.67. The van der Waals surface area contributed by atoms with Crippen LogP contribution in [0.4, 0.5) is 0 Å². The quantitative estimate of drug-likeness (QED) is 0.237. The molecule has 1 aromatic carbocycles. The lowest BCUT2D eigenvalue weighted by Gasteiger charge is -2.10. The van der Waals surface area contributed by atoms with Gasteiger partial charge in [0.2, 0.25) is 5.91 Å². The van der Waals surface area contributed by atoms with Crippen LogP contribution < -0.4 is 10.1 Å². The summed E-state index contributed by atoms with van der Waals surface area (Å²) in [5.74, 6) is 2.23. The number of phenolic OH excluding ortho intramolecular Hbond substituents is 1. The van der Waals surface area contributed by atoms with Gasteiger partial charge < -0.3 is 20.3 Å². The maximum atomic E-state index is 12.0. The molecule has 1 amide bonds. The highest BCUT2D eigenvalue weighted by Crippen LogP contribution is 2.45. The number of carbonyl (C=O) groups is 1. The summed E-state index contributed by atoms with van der Waals surface area (Å²) in [5.41, 5.74) is 0.912. The lowest BCUT2D eigenvalue weighted by atomic mass is 10.0. The Morgan fingerprint density at radius 1 is 1.09 bits per heavy atom. The first kappa shape index (κ1) is 26.5. The molecule has 1 aliphatic rings. The fourth-order valence-corrected chi connectivity index (χ4v) is 4.57. The molecular formula is C27H45NO4. The number of rotatable bonds is 18. The molecule has 0 radical (unpaired) electrons. The van der Waals surface area contributed by atoms with E-state index in [0.29, 0.717) is 18.7 Å². The highest BCUT2D eigenvalue weighted by Gasteiger charge is 2.37. The first-order valence-corrected chi connectivity index (χ1v) is 12.8. The molecule has 2 rings (SSSR count). The number of unbranched alkanes of at least 4 members (excludes halogenated alkanes) is 7. The molecule has 3 atom stereocenters. The van der Waals surface area contributed by atoms with Crippen LogP contribution in [0.1, 0.15) is 102 Å². The average molecular weight is 448 g/mol. The monoisotopic (exact) mass is 447 g/mol. The Kier molecular flexibility index (Phi) is 12.5. The molecule has 0 unspecified atom stereocenters. The number of amides is 1. The van der Waals surface area contributed by atoms with E-state index in [0.717, 1.165) is 43.1 Å². The van der Waals surface area contributed by atoms with Crippen molar-refractivity contribution in [3.05, 3.63) is 23.8 Å². The summed E-state index contributed by atoms with van der Waals surface area (Å²) in [7, 11) is 1.52. The van der Waals surface area contributed by atoms with Gasteiger partial charge in [-0.3, -0.25) is 4.79 Å². The van der Waals surface area contributed by atoms with E-state index in [1.54, 1.807) is 18.2 Å². The van der Waals surface area contributed by atoms with Gasteiger partial charge in [-0.25, -0.2) is 0 Å². The number of aromatic hydroxyl groups is 1. The van der Waals surface area contributed by atoms with E-state index in [2.05, 4.69) is 12.2 Å². The molecule has 182 valence electrons. The van der Waals surface area contributed by atoms with Gasteiger partial charge in [0.1, 0.15) is 0 Å². The van der Waals surface area contributed by atoms with Gasteiger partial charge in [0.15, 0.2) is 11.5 Å². The second-order valence-corrected chi connectivity index (χ2v) is 9.58. The number of phenols is 1. The van der Waals surface area contributed by atoms with Crippen molar-refractivity contribution in [2.75, 3.05) is 7.11 Å². The predicted molar refractivity (Wildman–Crippen MR) is 130 cm³/mol. The van der Waals surface area contributed by atoms with Gasteiger partial charge in [-0.2, -0.15) is 0 Å². The predicted octanol–water partition coefficient (Wildman–Crippen LogP) is 6.11. The average Bonchev–Trinajstić information content (AvgIpc) is 3.52. The van der Waals surface area contributed by atoms with E-state index in [9.17, 15) is 15.0 Å². The van der Waals surface area contributed by atoms with E-state index >= 15 is 0 Å². The summed E-state index contributed by atoms with van der Waals surface area (Å²) >= 11 is 0. The molecule has 1 saturated carbocycles. The topological polar surface area (TPSA) is 78.8 Å². The minimum absolute atomic E-state index is 0.0751. The normalized spacial score (nSPS) is 18.3. The molecule has 0 spiro atoms. The number of hydrogen-bond donors (Lipinski definition) is 3. The van der Waals surface area contributed by atoms with Crippen LogP contribution in [0.3, 0.4) is 0 Å². The number of aliphatic hydroxyl groups excluding tert-OH is 1. The smallest absolute Gasteiger partial charge is 0.220 e. The molecule has 3 N–H and O–H groups in total. The first-order valence-electron chi connectivity index (χ1n) is 12.8. The van der Waals surface area contributed by atoms with Crippen molar-refractivity contribution in [3.8, 4) is 11.5 Å². The summed E-state index contributed by atoms with van der Waals surface area (Å²) in [6.07, 6.45) is 15.9. The molecule has 5 nitrogen and oxygen atoms in total. The van der Waals surface area contributed by atoms with Crippen LogP contribution in [-0.2, 0) is 11.3 Å². The van der Waals surface area contributed by atoms with Gasteiger partial charge in [0.05, 0.1) is 13.2 Å². The van der Waals surface area contributed by atoms with E-state index < -0.39 is 0 Å². The molecule has 0 bridgehead atoms. The van der Waals surface area contributed by atoms with Crippen molar-refractivity contribution in [3.63, 3.8) is 0 Å². The van der Waals surface area contributed by atoms with Crippen LogP contribution in [0.2, 0.25) is 0 Å². The lowest BCUT2D eigenvalue weighted by molar-refractivity contribution is -0.121. The molecule has 0 saturated heterocycles. The van der Waals surface area contributed by atoms with Crippen LogP contribution in [0, 0.1) is 11.8 Å². The van der Waals surface area contributed by atoms with Gasteiger partial charge in [0, 0.05) is 13.0 Å². The molecule has 0 heterocycles. The van der Waals surface area contributed by atoms with Gasteiger partial charge >= 0.3 is 0 Å². The van der Waals surface area contributed by atoms with E-state index in [1.165, 1.54) is 64.9 Å². The number of methoxy groups -OCH3 is 1. The van der Waals surface area contributed by atoms with Crippen molar-refractivity contribution < 1.29 is 19.7 Å². The van der Waals surface area contributed by atoms with Crippen molar-refractivity contribution in [1.29, 1.82) is 0 Å². The maximum absolute atomic E-state index is 12.0. The SMILES string of the molecule is CCCCCC[C@@H](O)C[C@@H]1C[C@@H]1CCCCCCCC(=O)NCc1ccc(O)c(OC)c1. The molecule has 0 aromatic heterocycles. The number of carbonyl (C=O) groups excluding carboxylic acids is 1. The highest BCUT2D eigenvalue weighted by atomic mass is 16.5. The fraction of sp³-hybridized carbons (Fsp3) is 0.741. The summed E-state index contributed by atoms with van der Waals surface area (Å²) in [5, 5.41) is 22.7. The van der Waals surface area contributed by atoms with Crippen LogP contribution in [0.5, 0.6) is 11.5 Å². The largest absolute Gasteiger partial charge is 0.504 e. The molecule has 1 aromatic rings. The summed E-state index contributed by atoms with van der Waals surface area (Å²) in [4.78, 5) is 12.0. The van der Waals surface area contributed by atoms with Gasteiger partial charge in [0.25, 0.3) is 0 Å². The molecular weight excluding hydrogens is 402 g/mol. The Hall–Kier alpha value is -1.75. The Morgan fingerprint density at radius 2 is 1.84 bits per heavy atom. The molecule has 5 heteroatoms. The zero-order valence-electron chi connectivity index (χ0n) is 20.3. The number of hydrogen-bond acceptors (Lipinski definition) is 4. The van der Waals surface area contributed by atoms with Gasteiger partial charge in [-0.1, -0.05) is 70.8 Å². The molecule has 0 aliphatic heterocycles. The van der Waals surface area contributed by atoms with Crippen molar-refractivity contribution in [2.24, 2.45) is 11.8 Å². The summed E-state index contributed by atoms with van der Waals surface area (Å²) in [6, 6.07) is 5.12. The van der Waals surface area contributed by atoms with Crippen molar-refractivity contribution >= 4 is 5.91 Å². The van der Waals surface area contributed by atoms with Crippen LogP contribution >= 0.6 is 0 Å². The number of nitrogens with one attached hydrogen (secondary N) is 1. The number of benzene rings is 1.